The van der Waals surface area contributed by atoms with Crippen LogP contribution in [0.5, 0.6) is 0 Å². The van der Waals surface area contributed by atoms with Crippen LogP contribution in [-0.2, 0) is 21.9 Å². The Morgan fingerprint density at radius 1 is 1.60 bits per heavy atom. The number of nitrogens with one attached hydrogen (secondary N) is 1. The van der Waals surface area contributed by atoms with E-state index in [-0.39, 0.29) is 17.0 Å². The Balaban J connectivity index is 3.10. The van der Waals surface area contributed by atoms with Crippen molar-refractivity contribution < 1.29 is 23.1 Å². The van der Waals surface area contributed by atoms with Gasteiger partial charge in [0, 0.05) is 13.2 Å². The third-order valence-electron chi connectivity index (χ3n) is 2.54. The molecule has 0 aromatic carbocycles. The van der Waals surface area contributed by atoms with E-state index in [9.17, 15) is 18.0 Å². The summed E-state index contributed by atoms with van der Waals surface area (Å²) in [4.78, 5) is 21.8. The van der Waals surface area contributed by atoms with Crippen LogP contribution in [0.4, 0.5) is 0 Å². The predicted octanol–water partition coefficient (Wildman–Crippen LogP) is -0.568. The van der Waals surface area contributed by atoms with Gasteiger partial charge in [0.15, 0.2) is 0 Å². The van der Waals surface area contributed by atoms with Gasteiger partial charge in [0.1, 0.15) is 16.6 Å². The van der Waals surface area contributed by atoms with E-state index in [1.54, 1.807) is 0 Å². The van der Waals surface area contributed by atoms with Crippen LogP contribution in [0.3, 0.4) is 0 Å². The summed E-state index contributed by atoms with van der Waals surface area (Å²) in [5.41, 5.74) is 5.09. The van der Waals surface area contributed by atoms with E-state index in [4.69, 9.17) is 10.8 Å². The minimum Gasteiger partial charge on any atom is -0.480 e. The van der Waals surface area contributed by atoms with Gasteiger partial charge in [-0.3, -0.25) is 9.59 Å². The van der Waals surface area contributed by atoms with Crippen molar-refractivity contribution >= 4 is 21.9 Å². The van der Waals surface area contributed by atoms with Gasteiger partial charge in [-0.15, -0.1) is 6.58 Å². The fourth-order valence-corrected chi connectivity index (χ4v) is 2.82. The first-order valence-corrected chi connectivity index (χ1v) is 6.99. The Morgan fingerprint density at radius 2 is 2.20 bits per heavy atom. The van der Waals surface area contributed by atoms with Crippen molar-refractivity contribution in [3.05, 3.63) is 30.6 Å². The number of aromatic nitrogens is 1. The van der Waals surface area contributed by atoms with Crippen LogP contribution in [0.25, 0.3) is 0 Å². The number of nitrogens with zero attached hydrogens (tertiary/aromatic N) is 1. The summed E-state index contributed by atoms with van der Waals surface area (Å²) in [6, 6.07) is -0.243. The monoisotopic (exact) mass is 301 g/mol. The molecule has 1 unspecified atom stereocenters. The van der Waals surface area contributed by atoms with E-state index in [0.717, 1.165) is 6.07 Å². The largest absolute Gasteiger partial charge is 0.480 e. The molecular weight excluding hydrogens is 286 g/mol. The van der Waals surface area contributed by atoms with Crippen LogP contribution in [0.1, 0.15) is 16.9 Å². The minimum absolute atomic E-state index is 0.000899. The van der Waals surface area contributed by atoms with Gasteiger partial charge in [0.25, 0.3) is 5.91 Å². The topological polar surface area (TPSA) is 131 Å². The average Bonchev–Trinajstić information content (AvgIpc) is 2.71. The van der Waals surface area contributed by atoms with Gasteiger partial charge in [0.05, 0.1) is 0 Å². The van der Waals surface area contributed by atoms with E-state index >= 15 is 0 Å². The Hall–Kier alpha value is -2.13. The first-order chi connectivity index (χ1) is 9.19. The molecule has 1 aromatic heterocycles. The predicted molar refractivity (Wildman–Crippen MR) is 70.5 cm³/mol. The zero-order valence-corrected chi connectivity index (χ0v) is 11.6. The number of aryl methyl sites for hydroxylation is 1. The maximum Gasteiger partial charge on any atom is 0.322 e. The molecule has 1 aromatic rings. The molecular formula is C11H15N3O5S. The van der Waals surface area contributed by atoms with Crippen molar-refractivity contribution in [3.63, 3.8) is 0 Å². The van der Waals surface area contributed by atoms with Gasteiger partial charge < -0.3 is 15.4 Å². The first-order valence-electron chi connectivity index (χ1n) is 5.51. The quantitative estimate of drug-likeness (QED) is 0.580. The molecule has 1 heterocycles. The number of sulfonamides is 1. The molecule has 20 heavy (non-hydrogen) atoms. The lowest BCUT2D eigenvalue weighted by atomic mass is 10.2. The number of amides is 1. The maximum absolute atomic E-state index is 12.0. The normalized spacial score (nSPS) is 12.8. The number of carbonyl (C=O) groups excluding carboxylic acids is 1. The molecule has 8 nitrogen and oxygen atoms in total. The Kier molecular flexibility index (Phi) is 4.69. The Bertz CT molecular complexity index is 647. The highest BCUT2D eigenvalue weighted by atomic mass is 32.2. The molecule has 0 aliphatic rings. The molecule has 0 bridgehead atoms. The second-order valence-electron chi connectivity index (χ2n) is 4.07. The summed E-state index contributed by atoms with van der Waals surface area (Å²) >= 11 is 0. The SMILES string of the molecule is C=CCC(NS(=O)(=O)c1cc(C(N)=O)n(C)c1)C(=O)O. The smallest absolute Gasteiger partial charge is 0.322 e. The van der Waals surface area contributed by atoms with Crippen LogP contribution in [-0.4, -0.2) is 36.0 Å². The van der Waals surface area contributed by atoms with E-state index in [0.29, 0.717) is 0 Å². The summed E-state index contributed by atoms with van der Waals surface area (Å²) in [5.74, 6) is -2.10. The van der Waals surface area contributed by atoms with Crippen LogP contribution in [0, 0.1) is 0 Å². The van der Waals surface area contributed by atoms with E-state index in [2.05, 4.69) is 6.58 Å². The van der Waals surface area contributed by atoms with Gasteiger partial charge in [-0.1, -0.05) is 6.08 Å². The molecule has 0 saturated heterocycles. The fourth-order valence-electron chi connectivity index (χ4n) is 1.55. The van der Waals surface area contributed by atoms with Crippen molar-refractivity contribution in [2.75, 3.05) is 0 Å². The molecule has 1 amide bonds. The number of carbonyl (C=O) groups is 2. The summed E-state index contributed by atoms with van der Waals surface area (Å²) in [6.07, 6.45) is 2.40. The number of hydrogen-bond donors (Lipinski definition) is 3. The number of primary amides is 1. The maximum atomic E-state index is 12.0. The second kappa shape index (κ2) is 5.88. The zero-order valence-electron chi connectivity index (χ0n) is 10.7. The van der Waals surface area contributed by atoms with Crippen molar-refractivity contribution in [2.45, 2.75) is 17.4 Å². The highest BCUT2D eigenvalue weighted by molar-refractivity contribution is 7.89. The molecule has 9 heteroatoms. The molecule has 0 fully saturated rings. The number of carboxylic acids is 1. The fraction of sp³-hybridized carbons (Fsp3) is 0.273. The number of nitrogens with two attached hydrogens (primary N) is 1. The van der Waals surface area contributed by atoms with Crippen LogP contribution in [0.15, 0.2) is 29.8 Å². The molecule has 1 atom stereocenters. The van der Waals surface area contributed by atoms with Gasteiger partial charge in [-0.05, 0) is 12.5 Å². The highest BCUT2D eigenvalue weighted by Crippen LogP contribution is 2.14. The van der Waals surface area contributed by atoms with Gasteiger partial charge in [0.2, 0.25) is 10.0 Å². The Labute approximate surface area is 115 Å². The van der Waals surface area contributed by atoms with Crippen molar-refractivity contribution in [1.29, 1.82) is 0 Å². The average molecular weight is 301 g/mol. The van der Waals surface area contributed by atoms with E-state index in [1.807, 2.05) is 4.72 Å². The lowest BCUT2D eigenvalue weighted by Crippen LogP contribution is -2.40. The second-order valence-corrected chi connectivity index (χ2v) is 5.79. The standard InChI is InChI=1S/C11H15N3O5S/c1-3-4-8(11(16)17)13-20(18,19)7-5-9(10(12)15)14(2)6-7/h3,5-6,8,13H,1,4H2,2H3,(H2,12,15)(H,16,17). The third kappa shape index (κ3) is 3.45. The van der Waals surface area contributed by atoms with Gasteiger partial charge in [-0.25, -0.2) is 8.42 Å². The van der Waals surface area contributed by atoms with Crippen molar-refractivity contribution in [1.82, 2.24) is 9.29 Å². The first kappa shape index (κ1) is 15.9. The summed E-state index contributed by atoms with van der Waals surface area (Å²) in [5, 5.41) is 8.91. The molecule has 4 N–H and O–H groups in total. The van der Waals surface area contributed by atoms with Crippen LogP contribution < -0.4 is 10.5 Å². The summed E-state index contributed by atoms with van der Waals surface area (Å²) in [7, 11) is -2.61. The van der Waals surface area contributed by atoms with Gasteiger partial charge in [-0.2, -0.15) is 4.72 Å². The zero-order chi connectivity index (χ0) is 15.5. The van der Waals surface area contributed by atoms with Crippen molar-refractivity contribution in [2.24, 2.45) is 12.8 Å². The van der Waals surface area contributed by atoms with Gasteiger partial charge >= 0.3 is 5.97 Å². The molecule has 0 aliphatic heterocycles. The molecule has 1 rings (SSSR count). The number of aliphatic carboxylic acids is 1. The van der Waals surface area contributed by atoms with E-state index < -0.39 is 27.9 Å². The minimum atomic E-state index is -4.07. The number of rotatable bonds is 7. The highest BCUT2D eigenvalue weighted by Gasteiger charge is 2.26. The summed E-state index contributed by atoms with van der Waals surface area (Å²) in [6.45, 7) is 3.36. The number of carboxylic acid groups (broad SMARTS) is 1. The molecule has 0 saturated carbocycles. The van der Waals surface area contributed by atoms with Crippen molar-refractivity contribution in [3.8, 4) is 0 Å². The van der Waals surface area contributed by atoms with E-state index in [1.165, 1.54) is 23.9 Å². The third-order valence-corrected chi connectivity index (χ3v) is 3.98. The van der Waals surface area contributed by atoms with Crippen LogP contribution >= 0.6 is 0 Å². The lowest BCUT2D eigenvalue weighted by molar-refractivity contribution is -0.138. The molecule has 0 spiro atoms. The molecule has 0 radical (unpaired) electrons. The summed E-state index contributed by atoms with van der Waals surface area (Å²) < 4.78 is 27.3. The number of hydrogen-bond acceptors (Lipinski definition) is 4. The van der Waals surface area contributed by atoms with Crippen LogP contribution in [0.2, 0.25) is 0 Å². The molecule has 0 aliphatic carbocycles. The molecule has 110 valence electrons. The lowest BCUT2D eigenvalue weighted by Gasteiger charge is -2.11. The Morgan fingerprint density at radius 3 is 2.60 bits per heavy atom.